The van der Waals surface area contributed by atoms with Gasteiger partial charge < -0.3 is 19.8 Å². The molecule has 2 heterocycles. The number of nitrogens with zero attached hydrogens (tertiary/aromatic N) is 3. The van der Waals surface area contributed by atoms with Gasteiger partial charge in [0.25, 0.3) is 5.91 Å². The van der Waals surface area contributed by atoms with Crippen LogP contribution < -0.4 is 10.2 Å². The first-order valence-electron chi connectivity index (χ1n) is 11.0. The van der Waals surface area contributed by atoms with Gasteiger partial charge in [-0.25, -0.2) is 4.79 Å². The Bertz CT molecular complexity index is 1280. The number of aromatic nitrogens is 2. The van der Waals surface area contributed by atoms with Gasteiger partial charge in [0.2, 0.25) is 0 Å². The minimum absolute atomic E-state index is 0.0987. The van der Waals surface area contributed by atoms with E-state index >= 15 is 0 Å². The molecule has 3 aromatic rings. The summed E-state index contributed by atoms with van der Waals surface area (Å²) in [6.45, 7) is 3.33. The number of carbonyl (C=O) groups is 3. The Labute approximate surface area is 232 Å². The van der Waals surface area contributed by atoms with E-state index in [0.29, 0.717) is 32.7 Å². The van der Waals surface area contributed by atoms with E-state index in [2.05, 4.69) is 15.5 Å². The molecule has 1 aromatic carbocycles. The van der Waals surface area contributed by atoms with Crippen molar-refractivity contribution in [2.75, 3.05) is 11.4 Å². The van der Waals surface area contributed by atoms with Crippen LogP contribution in [0.25, 0.3) is 22.7 Å². The zero-order valence-corrected chi connectivity index (χ0v) is 22.6. The lowest BCUT2D eigenvalue weighted by Gasteiger charge is -2.25. The second-order valence-corrected chi connectivity index (χ2v) is 10.2. The van der Waals surface area contributed by atoms with E-state index in [4.69, 9.17) is 56.0 Å². The number of pyridine rings is 1. The fourth-order valence-corrected chi connectivity index (χ4v) is 4.42. The molecule has 196 valence electrons. The maximum atomic E-state index is 12.8. The lowest BCUT2D eigenvalue weighted by molar-refractivity contribution is -0.121. The number of benzene rings is 1. The summed E-state index contributed by atoms with van der Waals surface area (Å²) in [6, 6.07) is 8.81. The molecule has 0 aliphatic rings. The van der Waals surface area contributed by atoms with E-state index in [1.165, 1.54) is 11.1 Å². The van der Waals surface area contributed by atoms with Crippen LogP contribution in [0.4, 0.5) is 10.5 Å². The van der Waals surface area contributed by atoms with E-state index in [0.717, 1.165) is 0 Å². The molecular weight excluding hydrogens is 566 g/mol. The maximum Gasteiger partial charge on any atom is 0.405 e. The number of Topliss-reactive ketones (excluding diaryl/α,β-unsaturated/α-hetero) is 1. The topological polar surface area (TPSA) is 126 Å². The Morgan fingerprint density at radius 1 is 1.08 bits per heavy atom. The molecule has 2 amide bonds. The summed E-state index contributed by atoms with van der Waals surface area (Å²) < 4.78 is 5.45. The van der Waals surface area contributed by atoms with Crippen LogP contribution in [0.15, 0.2) is 47.1 Å². The highest BCUT2D eigenvalue weighted by molar-refractivity contribution is 6.54. The van der Waals surface area contributed by atoms with Crippen LogP contribution in [0, 0.1) is 5.92 Å². The van der Waals surface area contributed by atoms with Crippen molar-refractivity contribution in [2.24, 2.45) is 5.92 Å². The molecule has 0 saturated carbocycles. The smallest absolute Gasteiger partial charge is 0.405 e. The number of ketones is 1. The van der Waals surface area contributed by atoms with Crippen LogP contribution in [0.3, 0.4) is 0 Å². The number of rotatable bonds is 10. The van der Waals surface area contributed by atoms with E-state index in [1.807, 2.05) is 0 Å². The minimum Gasteiger partial charge on any atom is -0.465 e. The molecule has 1 unspecified atom stereocenters. The lowest BCUT2D eigenvalue weighted by Crippen LogP contribution is -2.45. The number of carbonyl (C=O) groups excluding carboxylic acids is 2. The van der Waals surface area contributed by atoms with Gasteiger partial charge in [-0.3, -0.25) is 14.6 Å². The van der Waals surface area contributed by atoms with Crippen molar-refractivity contribution in [3.05, 3.63) is 52.6 Å². The van der Waals surface area contributed by atoms with E-state index < -0.39 is 22.9 Å². The maximum absolute atomic E-state index is 12.8. The summed E-state index contributed by atoms with van der Waals surface area (Å²) in [6.07, 6.45) is -0.0210. The summed E-state index contributed by atoms with van der Waals surface area (Å²) in [5, 5.41) is 16.1. The number of nitrogens with one attached hydrogen (secondary N) is 1. The Balaban J connectivity index is 1.88. The highest BCUT2D eigenvalue weighted by atomic mass is 35.5. The van der Waals surface area contributed by atoms with Crippen molar-refractivity contribution < 1.29 is 24.0 Å². The summed E-state index contributed by atoms with van der Waals surface area (Å²) in [4.78, 5) is 40.7. The van der Waals surface area contributed by atoms with Crippen molar-refractivity contribution >= 4 is 69.9 Å². The van der Waals surface area contributed by atoms with Crippen LogP contribution in [-0.4, -0.2) is 50.5 Å². The normalized spacial score (nSPS) is 12.0. The van der Waals surface area contributed by atoms with Crippen molar-refractivity contribution in [3.8, 4) is 22.7 Å². The average Bonchev–Trinajstić information content (AvgIpc) is 3.32. The number of carboxylic acid groups (broad SMARTS) is 1. The minimum atomic E-state index is -1.40. The van der Waals surface area contributed by atoms with Crippen molar-refractivity contribution in [1.82, 2.24) is 15.5 Å². The lowest BCUT2D eigenvalue weighted by atomic mass is 9.98. The van der Waals surface area contributed by atoms with Gasteiger partial charge in [-0.15, -0.1) is 0 Å². The number of alkyl halides is 2. The fourth-order valence-electron chi connectivity index (χ4n) is 3.59. The largest absolute Gasteiger partial charge is 0.465 e. The Morgan fingerprint density at radius 2 is 1.76 bits per heavy atom. The first-order chi connectivity index (χ1) is 17.5. The van der Waals surface area contributed by atoms with Gasteiger partial charge >= 0.3 is 6.09 Å². The second kappa shape index (κ2) is 12.6. The van der Waals surface area contributed by atoms with Crippen LogP contribution >= 0.6 is 46.4 Å². The molecule has 13 heteroatoms. The number of anilines is 1. The van der Waals surface area contributed by atoms with E-state index in [-0.39, 0.29) is 30.4 Å². The molecule has 0 aliphatic heterocycles. The summed E-state index contributed by atoms with van der Waals surface area (Å²) in [5.41, 5.74) is 1.56. The van der Waals surface area contributed by atoms with Crippen LogP contribution in [-0.2, 0) is 9.59 Å². The van der Waals surface area contributed by atoms with Gasteiger partial charge in [0, 0.05) is 36.5 Å². The molecule has 2 N–H and O–H groups in total. The van der Waals surface area contributed by atoms with E-state index in [1.54, 1.807) is 50.2 Å². The predicted octanol–water partition coefficient (Wildman–Crippen LogP) is 6.10. The first-order valence-corrected chi connectivity index (χ1v) is 12.6. The predicted molar refractivity (Wildman–Crippen MR) is 142 cm³/mol. The molecule has 37 heavy (non-hydrogen) atoms. The van der Waals surface area contributed by atoms with Crippen LogP contribution in [0.2, 0.25) is 10.0 Å². The van der Waals surface area contributed by atoms with Gasteiger partial charge in [-0.05, 0) is 30.2 Å². The molecule has 2 aromatic heterocycles. The van der Waals surface area contributed by atoms with Gasteiger partial charge in [0.1, 0.15) is 11.4 Å². The Morgan fingerprint density at radius 3 is 2.35 bits per heavy atom. The summed E-state index contributed by atoms with van der Waals surface area (Å²) in [7, 11) is 0. The molecule has 0 saturated heterocycles. The molecular formula is C24H22Cl4N4O5. The second-order valence-electron chi connectivity index (χ2n) is 8.25. The monoisotopic (exact) mass is 586 g/mol. The van der Waals surface area contributed by atoms with Gasteiger partial charge in [-0.1, -0.05) is 71.5 Å². The Kier molecular flexibility index (Phi) is 9.78. The zero-order chi connectivity index (χ0) is 27.3. The summed E-state index contributed by atoms with van der Waals surface area (Å²) in [5.74, 6) is -1.07. The fraction of sp³-hybridized carbons (Fsp3) is 0.292. The van der Waals surface area contributed by atoms with Crippen LogP contribution in [0.1, 0.15) is 20.3 Å². The quantitative estimate of drug-likeness (QED) is 0.274. The number of hydrogen-bond donors (Lipinski definition) is 2. The zero-order valence-electron chi connectivity index (χ0n) is 19.6. The third-order valence-electron chi connectivity index (χ3n) is 5.36. The Hall–Kier alpha value is -2.85. The van der Waals surface area contributed by atoms with Crippen molar-refractivity contribution in [1.29, 1.82) is 0 Å². The molecule has 0 spiro atoms. The van der Waals surface area contributed by atoms with Crippen molar-refractivity contribution in [3.63, 3.8) is 0 Å². The van der Waals surface area contributed by atoms with Crippen LogP contribution in [0.5, 0.6) is 0 Å². The molecule has 0 bridgehead atoms. The standard InChI is InChI=1S/C24H22Cl4N4O5/c1-12(2)21(30-24(35)36)18(33)7-9-32(23(34)22(27)28)13-6-8-29-16(10-13)19-11-17(31-37-19)20-14(25)4-3-5-15(20)26/h3-6,8,10-12,21-22,30H,7,9H2,1-2H3,(H,35,36). The average molecular weight is 588 g/mol. The highest BCUT2D eigenvalue weighted by Crippen LogP contribution is 2.36. The van der Waals surface area contributed by atoms with Gasteiger partial charge in [0.15, 0.2) is 16.4 Å². The van der Waals surface area contributed by atoms with Crippen molar-refractivity contribution in [2.45, 2.75) is 31.1 Å². The first kappa shape index (κ1) is 28.7. The third kappa shape index (κ3) is 7.13. The highest BCUT2D eigenvalue weighted by Gasteiger charge is 2.28. The number of hydrogen-bond acceptors (Lipinski definition) is 6. The molecule has 0 radical (unpaired) electrons. The van der Waals surface area contributed by atoms with Gasteiger partial charge in [0.05, 0.1) is 16.1 Å². The molecule has 0 fully saturated rings. The number of amides is 2. The van der Waals surface area contributed by atoms with E-state index in [9.17, 15) is 14.4 Å². The molecule has 9 nitrogen and oxygen atoms in total. The molecule has 1 atom stereocenters. The molecule has 3 rings (SSSR count). The summed E-state index contributed by atoms with van der Waals surface area (Å²) >= 11 is 24.2. The SMILES string of the molecule is CC(C)C(NC(=O)O)C(=O)CCN(C(=O)C(Cl)Cl)c1ccnc(-c2cc(-c3c(Cl)cccc3Cl)no2)c1. The number of halogens is 4. The molecule has 0 aliphatic carbocycles. The van der Waals surface area contributed by atoms with Gasteiger partial charge in [-0.2, -0.15) is 0 Å². The third-order valence-corrected chi connectivity index (χ3v) is 6.37.